The van der Waals surface area contributed by atoms with E-state index in [-0.39, 0.29) is 0 Å². The molecule has 0 atom stereocenters. The van der Waals surface area contributed by atoms with E-state index in [0.29, 0.717) is 33.0 Å². The number of hydrogen-bond acceptors (Lipinski definition) is 4. The van der Waals surface area contributed by atoms with Crippen LogP contribution in [0.4, 0.5) is 17.1 Å². The number of halogens is 1. The summed E-state index contributed by atoms with van der Waals surface area (Å²) in [6, 6.07) is 10.6. The Labute approximate surface area is 139 Å². The molecular weight excluding hydrogens is 322 g/mol. The van der Waals surface area contributed by atoms with Crippen LogP contribution in [0.3, 0.4) is 0 Å². The predicted molar refractivity (Wildman–Crippen MR) is 95.3 cm³/mol. The second kappa shape index (κ2) is 7.20. The van der Waals surface area contributed by atoms with Crippen molar-refractivity contribution in [1.82, 2.24) is 0 Å². The third kappa shape index (κ3) is 3.93. The molecule has 4 N–H and O–H groups in total. The Bertz CT molecular complexity index is 677. The quantitative estimate of drug-likeness (QED) is 0.583. The summed E-state index contributed by atoms with van der Waals surface area (Å²) in [5.74, 6) is 1.10. The molecule has 0 aliphatic rings. The number of nitrogen functional groups attached to an aromatic ring is 1. The van der Waals surface area contributed by atoms with E-state index in [9.17, 15) is 0 Å². The monoisotopic (exact) mass is 337 g/mol. The Kier molecular flexibility index (Phi) is 5.30. The van der Waals surface area contributed by atoms with Gasteiger partial charge in [0.05, 0.1) is 24.9 Å². The lowest BCUT2D eigenvalue weighted by Gasteiger charge is -2.15. The van der Waals surface area contributed by atoms with Crippen molar-refractivity contribution in [2.24, 2.45) is 0 Å². The van der Waals surface area contributed by atoms with Crippen molar-refractivity contribution in [2.75, 3.05) is 30.6 Å². The van der Waals surface area contributed by atoms with Gasteiger partial charge in [0.15, 0.2) is 5.11 Å². The molecule has 0 fully saturated rings. The van der Waals surface area contributed by atoms with Gasteiger partial charge in [-0.15, -0.1) is 0 Å². The maximum atomic E-state index is 6.12. The van der Waals surface area contributed by atoms with Gasteiger partial charge >= 0.3 is 0 Å². The fourth-order valence-electron chi connectivity index (χ4n) is 1.81. The van der Waals surface area contributed by atoms with E-state index in [4.69, 9.17) is 39.0 Å². The number of ether oxygens (including phenoxy) is 2. The predicted octanol–water partition coefficient (Wildman–Crippen LogP) is 3.75. The fourth-order valence-corrected chi connectivity index (χ4v) is 2.28. The van der Waals surface area contributed by atoms with Crippen LogP contribution in [0.2, 0.25) is 5.02 Å². The van der Waals surface area contributed by atoms with Crippen LogP contribution >= 0.6 is 23.8 Å². The number of methoxy groups -OCH3 is 2. The maximum Gasteiger partial charge on any atom is 0.175 e. The van der Waals surface area contributed by atoms with E-state index in [1.54, 1.807) is 38.5 Å². The summed E-state index contributed by atoms with van der Waals surface area (Å²) in [7, 11) is 3.10. The average Bonchev–Trinajstić information content (AvgIpc) is 2.50. The molecule has 0 aliphatic carbocycles. The highest BCUT2D eigenvalue weighted by atomic mass is 35.5. The number of nitrogens with two attached hydrogens (primary N) is 1. The molecule has 7 heteroatoms. The van der Waals surface area contributed by atoms with E-state index in [2.05, 4.69) is 10.6 Å². The van der Waals surface area contributed by atoms with Gasteiger partial charge in [-0.25, -0.2) is 0 Å². The maximum absolute atomic E-state index is 6.12. The Morgan fingerprint density at radius 1 is 1.05 bits per heavy atom. The Morgan fingerprint density at radius 2 is 1.68 bits per heavy atom. The lowest BCUT2D eigenvalue weighted by Crippen LogP contribution is -2.19. The minimum absolute atomic E-state index is 0.407. The average molecular weight is 338 g/mol. The standard InChI is InChI=1S/C15H16ClN3O2S/c1-20-13-8-14(21-2)12(7-11(13)16)19-15(22)18-10-5-3-9(17)4-6-10/h3-8H,17H2,1-2H3,(H2,18,19,22). The molecule has 0 aromatic heterocycles. The van der Waals surface area contributed by atoms with Crippen LogP contribution in [0.5, 0.6) is 11.5 Å². The molecule has 2 aromatic carbocycles. The van der Waals surface area contributed by atoms with Crippen molar-refractivity contribution in [3.8, 4) is 11.5 Å². The van der Waals surface area contributed by atoms with E-state index in [1.165, 1.54) is 0 Å². The lowest BCUT2D eigenvalue weighted by atomic mass is 10.2. The van der Waals surface area contributed by atoms with Gasteiger partial charge < -0.3 is 25.8 Å². The highest BCUT2D eigenvalue weighted by Crippen LogP contribution is 2.35. The minimum atomic E-state index is 0.407. The number of rotatable bonds is 4. The van der Waals surface area contributed by atoms with Gasteiger partial charge in [-0.2, -0.15) is 0 Å². The molecule has 0 bridgehead atoms. The minimum Gasteiger partial charge on any atom is -0.495 e. The third-order valence-corrected chi connectivity index (χ3v) is 3.39. The number of anilines is 3. The van der Waals surface area contributed by atoms with Crippen molar-refractivity contribution in [3.63, 3.8) is 0 Å². The van der Waals surface area contributed by atoms with Crippen molar-refractivity contribution in [3.05, 3.63) is 41.4 Å². The van der Waals surface area contributed by atoms with Gasteiger partial charge in [-0.3, -0.25) is 0 Å². The highest BCUT2D eigenvalue weighted by molar-refractivity contribution is 7.80. The van der Waals surface area contributed by atoms with Crippen molar-refractivity contribution >= 4 is 46.0 Å². The number of thiocarbonyl (C=S) groups is 1. The van der Waals surface area contributed by atoms with E-state index in [0.717, 1.165) is 5.69 Å². The van der Waals surface area contributed by atoms with Crippen LogP contribution in [0, 0.1) is 0 Å². The van der Waals surface area contributed by atoms with Crippen LogP contribution in [-0.2, 0) is 0 Å². The largest absolute Gasteiger partial charge is 0.495 e. The van der Waals surface area contributed by atoms with E-state index in [1.807, 2.05) is 12.1 Å². The molecule has 0 radical (unpaired) electrons. The second-order valence-corrected chi connectivity index (χ2v) is 5.20. The van der Waals surface area contributed by atoms with Crippen LogP contribution < -0.4 is 25.8 Å². The molecule has 0 saturated carbocycles. The Hall–Kier alpha value is -2.18. The molecule has 0 heterocycles. The van der Waals surface area contributed by atoms with Gasteiger partial charge in [0.25, 0.3) is 0 Å². The fraction of sp³-hybridized carbons (Fsp3) is 0.133. The first kappa shape index (κ1) is 16.2. The van der Waals surface area contributed by atoms with Crippen LogP contribution in [0.1, 0.15) is 0 Å². The van der Waals surface area contributed by atoms with Gasteiger partial charge in [0.2, 0.25) is 0 Å². The first-order chi connectivity index (χ1) is 10.5. The van der Waals surface area contributed by atoms with Gasteiger partial charge in [0.1, 0.15) is 11.5 Å². The zero-order valence-electron chi connectivity index (χ0n) is 12.1. The molecule has 0 saturated heterocycles. The Morgan fingerprint density at radius 3 is 2.27 bits per heavy atom. The lowest BCUT2D eigenvalue weighted by molar-refractivity contribution is 0.396. The van der Waals surface area contributed by atoms with Crippen molar-refractivity contribution < 1.29 is 9.47 Å². The van der Waals surface area contributed by atoms with Gasteiger partial charge in [-0.05, 0) is 42.5 Å². The summed E-state index contributed by atoms with van der Waals surface area (Å²) in [6.45, 7) is 0. The smallest absolute Gasteiger partial charge is 0.175 e. The van der Waals surface area contributed by atoms with Crippen LogP contribution in [-0.4, -0.2) is 19.3 Å². The zero-order valence-corrected chi connectivity index (χ0v) is 13.7. The molecule has 5 nitrogen and oxygen atoms in total. The first-order valence-electron chi connectivity index (χ1n) is 6.38. The number of benzene rings is 2. The van der Waals surface area contributed by atoms with Crippen LogP contribution in [0.25, 0.3) is 0 Å². The second-order valence-electron chi connectivity index (χ2n) is 4.39. The SMILES string of the molecule is COc1cc(OC)c(NC(=S)Nc2ccc(N)cc2)cc1Cl. The van der Waals surface area contributed by atoms with Crippen LogP contribution in [0.15, 0.2) is 36.4 Å². The molecule has 2 aromatic rings. The number of nitrogens with one attached hydrogen (secondary N) is 2. The molecule has 0 aliphatic heterocycles. The zero-order chi connectivity index (χ0) is 16.1. The first-order valence-corrected chi connectivity index (χ1v) is 7.17. The molecular formula is C15H16ClN3O2S. The van der Waals surface area contributed by atoms with E-state index < -0.39 is 0 Å². The summed E-state index contributed by atoms with van der Waals surface area (Å²) >= 11 is 11.4. The normalized spacial score (nSPS) is 9.95. The summed E-state index contributed by atoms with van der Waals surface area (Å²) < 4.78 is 10.5. The highest BCUT2D eigenvalue weighted by Gasteiger charge is 2.11. The third-order valence-electron chi connectivity index (χ3n) is 2.89. The van der Waals surface area contributed by atoms with Crippen molar-refractivity contribution in [2.45, 2.75) is 0 Å². The topological polar surface area (TPSA) is 68.5 Å². The van der Waals surface area contributed by atoms with E-state index >= 15 is 0 Å². The van der Waals surface area contributed by atoms with Gasteiger partial charge in [-0.1, -0.05) is 11.6 Å². The van der Waals surface area contributed by atoms with Gasteiger partial charge in [0, 0.05) is 17.4 Å². The van der Waals surface area contributed by atoms with Crippen molar-refractivity contribution in [1.29, 1.82) is 0 Å². The molecule has 116 valence electrons. The Balaban J connectivity index is 2.14. The molecule has 2 rings (SSSR count). The molecule has 0 unspecified atom stereocenters. The summed E-state index contributed by atoms with van der Waals surface area (Å²) in [5, 5.41) is 6.96. The molecule has 0 spiro atoms. The summed E-state index contributed by atoms with van der Waals surface area (Å²) in [6.07, 6.45) is 0. The number of hydrogen-bond donors (Lipinski definition) is 3. The summed E-state index contributed by atoms with van der Waals surface area (Å²) in [5.41, 5.74) is 7.80. The summed E-state index contributed by atoms with van der Waals surface area (Å²) in [4.78, 5) is 0. The molecule has 0 amide bonds. The molecule has 22 heavy (non-hydrogen) atoms.